The van der Waals surface area contributed by atoms with E-state index >= 15 is 0 Å². The van der Waals surface area contributed by atoms with Gasteiger partial charge >= 0.3 is 0 Å². The zero-order valence-electron chi connectivity index (χ0n) is 12.8. The molecule has 1 heterocycles. The van der Waals surface area contributed by atoms with E-state index in [2.05, 4.69) is 53.9 Å². The SMILES string of the molecule is CC(C)CNc1nccn1CC1(N(C)C)CCCC1. The molecule has 0 spiro atoms. The Balaban J connectivity index is 2.07. The van der Waals surface area contributed by atoms with E-state index in [-0.39, 0.29) is 0 Å². The lowest BCUT2D eigenvalue weighted by Crippen LogP contribution is -2.45. The van der Waals surface area contributed by atoms with Crippen LogP contribution in [0.4, 0.5) is 5.95 Å². The molecule has 0 radical (unpaired) electrons. The highest BCUT2D eigenvalue weighted by Crippen LogP contribution is 2.35. The van der Waals surface area contributed by atoms with E-state index in [1.54, 1.807) is 0 Å². The maximum atomic E-state index is 4.45. The van der Waals surface area contributed by atoms with Crippen molar-refractivity contribution in [2.45, 2.75) is 51.6 Å². The Kier molecular flexibility index (Phi) is 4.50. The Morgan fingerprint density at radius 3 is 2.63 bits per heavy atom. The molecule has 1 aromatic heterocycles. The Morgan fingerprint density at radius 1 is 1.37 bits per heavy atom. The Labute approximate surface area is 117 Å². The second-order valence-corrected chi connectivity index (χ2v) is 6.48. The van der Waals surface area contributed by atoms with Gasteiger partial charge in [0.25, 0.3) is 0 Å². The fourth-order valence-corrected chi connectivity index (χ4v) is 3.00. The molecule has 108 valence electrons. The van der Waals surface area contributed by atoms with Crippen molar-refractivity contribution in [2.24, 2.45) is 5.92 Å². The number of hydrogen-bond acceptors (Lipinski definition) is 3. The molecule has 1 fully saturated rings. The minimum absolute atomic E-state index is 0.314. The summed E-state index contributed by atoms with van der Waals surface area (Å²) in [6, 6.07) is 0. The first-order chi connectivity index (χ1) is 9.03. The first-order valence-electron chi connectivity index (χ1n) is 7.46. The van der Waals surface area contributed by atoms with Crippen LogP contribution in [0.15, 0.2) is 12.4 Å². The highest BCUT2D eigenvalue weighted by atomic mass is 15.2. The fourth-order valence-electron chi connectivity index (χ4n) is 3.00. The van der Waals surface area contributed by atoms with Crippen molar-refractivity contribution in [1.29, 1.82) is 0 Å². The molecule has 0 amide bonds. The van der Waals surface area contributed by atoms with Gasteiger partial charge in [0.2, 0.25) is 5.95 Å². The monoisotopic (exact) mass is 264 g/mol. The third-order valence-electron chi connectivity index (χ3n) is 4.33. The largest absolute Gasteiger partial charge is 0.355 e. The molecule has 4 nitrogen and oxygen atoms in total. The van der Waals surface area contributed by atoms with Crippen molar-refractivity contribution in [2.75, 3.05) is 26.0 Å². The second-order valence-electron chi connectivity index (χ2n) is 6.48. The van der Waals surface area contributed by atoms with Crippen LogP contribution in [0.25, 0.3) is 0 Å². The van der Waals surface area contributed by atoms with Crippen LogP contribution in [0.3, 0.4) is 0 Å². The van der Waals surface area contributed by atoms with Crippen LogP contribution in [0.1, 0.15) is 39.5 Å². The van der Waals surface area contributed by atoms with Gasteiger partial charge < -0.3 is 14.8 Å². The van der Waals surface area contributed by atoms with E-state index in [4.69, 9.17) is 0 Å². The first kappa shape index (κ1) is 14.4. The van der Waals surface area contributed by atoms with Gasteiger partial charge in [-0.25, -0.2) is 4.98 Å². The van der Waals surface area contributed by atoms with E-state index in [1.165, 1.54) is 25.7 Å². The van der Waals surface area contributed by atoms with Crippen LogP contribution in [-0.2, 0) is 6.54 Å². The zero-order valence-corrected chi connectivity index (χ0v) is 12.8. The van der Waals surface area contributed by atoms with Gasteiger partial charge in [-0.3, -0.25) is 0 Å². The van der Waals surface area contributed by atoms with Gasteiger partial charge in [0.15, 0.2) is 0 Å². The number of rotatable bonds is 6. The van der Waals surface area contributed by atoms with Gasteiger partial charge in [-0.2, -0.15) is 0 Å². The van der Waals surface area contributed by atoms with Crippen molar-refractivity contribution in [3.05, 3.63) is 12.4 Å². The Hall–Kier alpha value is -1.03. The highest BCUT2D eigenvalue weighted by molar-refractivity contribution is 5.26. The molecule has 1 N–H and O–H groups in total. The van der Waals surface area contributed by atoms with E-state index in [9.17, 15) is 0 Å². The van der Waals surface area contributed by atoms with Crippen molar-refractivity contribution < 1.29 is 0 Å². The second kappa shape index (κ2) is 5.95. The fraction of sp³-hybridized carbons (Fsp3) is 0.800. The topological polar surface area (TPSA) is 33.1 Å². The van der Waals surface area contributed by atoms with Crippen molar-refractivity contribution >= 4 is 5.95 Å². The molecule has 1 aliphatic rings. The molecular weight excluding hydrogens is 236 g/mol. The lowest BCUT2D eigenvalue weighted by atomic mass is 9.96. The molecule has 0 aromatic carbocycles. The molecule has 1 saturated carbocycles. The van der Waals surface area contributed by atoms with Crippen LogP contribution >= 0.6 is 0 Å². The maximum Gasteiger partial charge on any atom is 0.202 e. The number of hydrogen-bond donors (Lipinski definition) is 1. The smallest absolute Gasteiger partial charge is 0.202 e. The van der Waals surface area contributed by atoms with E-state index in [1.807, 2.05) is 6.20 Å². The average molecular weight is 264 g/mol. The summed E-state index contributed by atoms with van der Waals surface area (Å²) in [7, 11) is 4.42. The van der Waals surface area contributed by atoms with Gasteiger partial charge in [-0.05, 0) is 32.9 Å². The molecule has 0 bridgehead atoms. The summed E-state index contributed by atoms with van der Waals surface area (Å²) in [5, 5.41) is 3.46. The summed E-state index contributed by atoms with van der Waals surface area (Å²) in [6.45, 7) is 6.46. The lowest BCUT2D eigenvalue weighted by Gasteiger charge is -2.37. The number of aromatic nitrogens is 2. The van der Waals surface area contributed by atoms with E-state index in [0.29, 0.717) is 11.5 Å². The summed E-state index contributed by atoms with van der Waals surface area (Å²) in [6.07, 6.45) is 9.29. The molecule has 1 aromatic rings. The quantitative estimate of drug-likeness (QED) is 0.857. The predicted molar refractivity (Wildman–Crippen MR) is 80.4 cm³/mol. The van der Waals surface area contributed by atoms with Crippen LogP contribution in [0.5, 0.6) is 0 Å². The minimum Gasteiger partial charge on any atom is -0.355 e. The summed E-state index contributed by atoms with van der Waals surface area (Å²) in [5.74, 6) is 1.65. The predicted octanol–water partition coefficient (Wildman–Crippen LogP) is 2.83. The van der Waals surface area contributed by atoms with Gasteiger partial charge in [0.1, 0.15) is 0 Å². The Morgan fingerprint density at radius 2 is 2.05 bits per heavy atom. The van der Waals surface area contributed by atoms with Gasteiger partial charge in [-0.1, -0.05) is 26.7 Å². The van der Waals surface area contributed by atoms with Crippen LogP contribution < -0.4 is 5.32 Å². The first-order valence-corrected chi connectivity index (χ1v) is 7.46. The van der Waals surface area contributed by atoms with Crippen LogP contribution in [0.2, 0.25) is 0 Å². The van der Waals surface area contributed by atoms with Crippen LogP contribution in [0, 0.1) is 5.92 Å². The summed E-state index contributed by atoms with van der Waals surface area (Å²) < 4.78 is 2.29. The number of anilines is 1. The Bertz CT molecular complexity index is 389. The van der Waals surface area contributed by atoms with Crippen molar-refractivity contribution in [1.82, 2.24) is 14.5 Å². The number of imidazole rings is 1. The van der Waals surface area contributed by atoms with Crippen molar-refractivity contribution in [3.63, 3.8) is 0 Å². The van der Waals surface area contributed by atoms with Gasteiger partial charge in [0.05, 0.1) is 0 Å². The van der Waals surface area contributed by atoms with E-state index in [0.717, 1.165) is 19.0 Å². The summed E-state index contributed by atoms with van der Waals surface area (Å²) in [4.78, 5) is 6.86. The van der Waals surface area contributed by atoms with Crippen LogP contribution in [-0.4, -0.2) is 40.6 Å². The number of nitrogens with one attached hydrogen (secondary N) is 1. The number of nitrogens with zero attached hydrogens (tertiary/aromatic N) is 3. The lowest BCUT2D eigenvalue weighted by molar-refractivity contribution is 0.134. The maximum absolute atomic E-state index is 4.45. The average Bonchev–Trinajstić information content (AvgIpc) is 2.97. The molecular formula is C15H28N4. The third kappa shape index (κ3) is 3.30. The normalized spacial score (nSPS) is 18.4. The van der Waals surface area contributed by atoms with E-state index < -0.39 is 0 Å². The molecule has 0 atom stereocenters. The number of likely N-dealkylation sites (N-methyl/N-ethyl adjacent to an activating group) is 1. The molecule has 2 rings (SSSR count). The third-order valence-corrected chi connectivity index (χ3v) is 4.33. The molecule has 0 aliphatic heterocycles. The molecule has 1 aliphatic carbocycles. The molecule has 4 heteroatoms. The highest BCUT2D eigenvalue weighted by Gasteiger charge is 2.36. The van der Waals surface area contributed by atoms with Gasteiger partial charge in [-0.15, -0.1) is 0 Å². The van der Waals surface area contributed by atoms with Gasteiger partial charge in [0, 0.05) is 31.0 Å². The summed E-state index contributed by atoms with van der Waals surface area (Å²) in [5.41, 5.74) is 0.314. The molecule has 0 unspecified atom stereocenters. The van der Waals surface area contributed by atoms with Crippen molar-refractivity contribution in [3.8, 4) is 0 Å². The summed E-state index contributed by atoms with van der Waals surface area (Å²) >= 11 is 0. The zero-order chi connectivity index (χ0) is 13.9. The standard InChI is InChI=1S/C15H28N4/c1-13(2)11-17-14-16-9-10-19(14)12-15(18(3)4)7-5-6-8-15/h9-10,13H,5-8,11-12H2,1-4H3,(H,16,17). The minimum atomic E-state index is 0.314. The molecule has 0 saturated heterocycles. The molecule has 19 heavy (non-hydrogen) atoms.